The normalized spacial score (nSPS) is 21.1. The summed E-state index contributed by atoms with van der Waals surface area (Å²) >= 11 is 6.28. The number of nitrogens with zero attached hydrogens (tertiary/aromatic N) is 3. The summed E-state index contributed by atoms with van der Waals surface area (Å²) in [6.45, 7) is 3.27. The zero-order valence-corrected chi connectivity index (χ0v) is 16.0. The van der Waals surface area contributed by atoms with Crippen molar-refractivity contribution in [2.75, 3.05) is 23.8 Å². The van der Waals surface area contributed by atoms with Crippen LogP contribution in [-0.2, 0) is 16.0 Å². The highest BCUT2D eigenvalue weighted by molar-refractivity contribution is 6.65. The minimum Gasteiger partial charge on any atom is -0.423 e. The molecular weight excluding hydrogens is 380 g/mol. The Labute approximate surface area is 168 Å². The Bertz CT molecular complexity index is 938. The summed E-state index contributed by atoms with van der Waals surface area (Å²) in [5, 5.41) is 26.0. The van der Waals surface area contributed by atoms with Crippen molar-refractivity contribution in [1.29, 1.82) is 5.26 Å². The fraction of sp³-hybridized carbons (Fsp3) is 0.389. The van der Waals surface area contributed by atoms with Crippen LogP contribution in [0.4, 0.5) is 17.5 Å². The van der Waals surface area contributed by atoms with Gasteiger partial charge in [-0.05, 0) is 31.0 Å². The lowest BCUT2D eigenvalue weighted by atomic mass is 9.79. The van der Waals surface area contributed by atoms with E-state index in [1.54, 1.807) is 12.3 Å². The van der Waals surface area contributed by atoms with Crippen LogP contribution in [0.2, 0.25) is 5.02 Å². The lowest BCUT2D eigenvalue weighted by Gasteiger charge is -2.28. The Morgan fingerprint density at radius 3 is 3.11 bits per heavy atom. The molecule has 1 saturated heterocycles. The van der Waals surface area contributed by atoms with E-state index >= 15 is 0 Å². The van der Waals surface area contributed by atoms with E-state index in [-0.39, 0.29) is 12.0 Å². The molecule has 3 N–H and O–H groups in total. The molecule has 0 radical (unpaired) electrons. The minimum absolute atomic E-state index is 0.117. The number of benzene rings is 1. The van der Waals surface area contributed by atoms with Gasteiger partial charge < -0.3 is 25.0 Å². The van der Waals surface area contributed by atoms with E-state index in [9.17, 15) is 10.3 Å². The maximum absolute atomic E-state index is 9.81. The second-order valence-corrected chi connectivity index (χ2v) is 7.30. The van der Waals surface area contributed by atoms with Crippen molar-refractivity contribution >= 4 is 41.6 Å². The zero-order chi connectivity index (χ0) is 19.7. The molecule has 8 nitrogen and oxygen atoms in total. The van der Waals surface area contributed by atoms with Crippen LogP contribution in [0.15, 0.2) is 18.3 Å². The third-order valence-corrected chi connectivity index (χ3v) is 5.24. The number of hydrogen-bond acceptors (Lipinski definition) is 8. The summed E-state index contributed by atoms with van der Waals surface area (Å²) < 4.78 is 10.7. The maximum atomic E-state index is 9.81. The number of halogens is 1. The second kappa shape index (κ2) is 7.93. The van der Waals surface area contributed by atoms with Gasteiger partial charge in [-0.3, -0.25) is 0 Å². The molecule has 2 aromatic rings. The van der Waals surface area contributed by atoms with E-state index in [1.165, 1.54) is 0 Å². The van der Waals surface area contributed by atoms with Crippen molar-refractivity contribution in [3.63, 3.8) is 0 Å². The average molecular weight is 400 g/mol. The molecule has 0 aliphatic carbocycles. The summed E-state index contributed by atoms with van der Waals surface area (Å²) in [5.41, 5.74) is 2.99. The van der Waals surface area contributed by atoms with Gasteiger partial charge in [0, 0.05) is 34.5 Å². The van der Waals surface area contributed by atoms with Crippen molar-refractivity contribution in [2.45, 2.75) is 26.0 Å². The van der Waals surface area contributed by atoms with Gasteiger partial charge in [0.05, 0.1) is 31.2 Å². The Morgan fingerprint density at radius 2 is 2.29 bits per heavy atom. The van der Waals surface area contributed by atoms with Crippen molar-refractivity contribution in [2.24, 2.45) is 5.92 Å². The largest absolute Gasteiger partial charge is 0.493 e. The topological polar surface area (TPSA) is 112 Å². The molecule has 2 atom stereocenters. The van der Waals surface area contributed by atoms with E-state index in [0.29, 0.717) is 54.2 Å². The van der Waals surface area contributed by atoms with Crippen LogP contribution in [0.25, 0.3) is 0 Å². The summed E-state index contributed by atoms with van der Waals surface area (Å²) in [7, 11) is -0.992. The fourth-order valence-corrected chi connectivity index (χ4v) is 3.72. The summed E-state index contributed by atoms with van der Waals surface area (Å²) in [6, 6.07) is 5.78. The maximum Gasteiger partial charge on any atom is 0.493 e. The number of nitriles is 1. The summed E-state index contributed by atoms with van der Waals surface area (Å²) in [5.74, 6) is 0.926. The highest BCUT2D eigenvalue weighted by Crippen LogP contribution is 2.26. The summed E-state index contributed by atoms with van der Waals surface area (Å²) in [4.78, 5) is 8.87. The lowest BCUT2D eigenvalue weighted by Crippen LogP contribution is -2.38. The minimum atomic E-state index is -0.992. The van der Waals surface area contributed by atoms with Crippen LogP contribution in [0.5, 0.6) is 0 Å². The molecule has 1 fully saturated rings. The van der Waals surface area contributed by atoms with E-state index in [1.807, 2.05) is 13.0 Å². The third-order valence-electron chi connectivity index (χ3n) is 4.93. The Morgan fingerprint density at radius 1 is 1.43 bits per heavy atom. The number of anilines is 3. The number of rotatable bonds is 4. The molecule has 2 aliphatic heterocycles. The van der Waals surface area contributed by atoms with Crippen LogP contribution in [0.1, 0.15) is 17.5 Å². The number of fused-ring (bicyclic) bond motifs is 1. The predicted octanol–water partition coefficient (Wildman–Crippen LogP) is 1.74. The van der Waals surface area contributed by atoms with Crippen LogP contribution in [0.3, 0.4) is 0 Å². The Hall–Kier alpha value is -2.38. The van der Waals surface area contributed by atoms with Gasteiger partial charge in [0.15, 0.2) is 0 Å². The van der Waals surface area contributed by atoms with Gasteiger partial charge in [-0.2, -0.15) is 10.2 Å². The highest BCUT2D eigenvalue weighted by atomic mass is 35.5. The molecule has 0 spiro atoms. The van der Waals surface area contributed by atoms with Crippen LogP contribution in [-0.4, -0.2) is 41.4 Å². The van der Waals surface area contributed by atoms with E-state index < -0.39 is 7.12 Å². The van der Waals surface area contributed by atoms with Gasteiger partial charge in [0.25, 0.3) is 0 Å². The molecule has 2 aliphatic rings. The molecule has 10 heteroatoms. The molecule has 0 amide bonds. The third kappa shape index (κ3) is 3.77. The van der Waals surface area contributed by atoms with Gasteiger partial charge in [0.2, 0.25) is 5.95 Å². The van der Waals surface area contributed by atoms with Gasteiger partial charge in [-0.25, -0.2) is 4.98 Å². The summed E-state index contributed by atoms with van der Waals surface area (Å²) in [6.07, 6.45) is 2.41. The number of aromatic nitrogens is 2. The monoisotopic (exact) mass is 399 g/mol. The van der Waals surface area contributed by atoms with Crippen LogP contribution in [0, 0.1) is 24.2 Å². The van der Waals surface area contributed by atoms with E-state index in [0.717, 1.165) is 11.1 Å². The van der Waals surface area contributed by atoms with Crippen LogP contribution >= 0.6 is 11.6 Å². The number of ether oxygens (including phenoxy) is 1. The molecule has 0 bridgehead atoms. The number of nitrogens with one attached hydrogen (secondary N) is 2. The Balaban J connectivity index is 1.55. The molecule has 0 saturated carbocycles. The molecule has 1 unspecified atom stereocenters. The van der Waals surface area contributed by atoms with Gasteiger partial charge in [0.1, 0.15) is 5.82 Å². The number of hydrogen-bond donors (Lipinski definition) is 3. The van der Waals surface area contributed by atoms with Gasteiger partial charge >= 0.3 is 7.12 Å². The first-order valence-corrected chi connectivity index (χ1v) is 9.39. The SMILES string of the molecule is Cc1cnc(Nc2cc(Cl)c3c(c2)COB3O)nc1NC1COCC[C@@H]1C#N. The van der Waals surface area contributed by atoms with E-state index in [4.69, 9.17) is 21.0 Å². The molecular formula is C18H19BClN5O3. The number of aryl methyl sites for hydroxylation is 1. The van der Waals surface area contributed by atoms with Gasteiger partial charge in [-0.15, -0.1) is 0 Å². The van der Waals surface area contributed by atoms with E-state index in [2.05, 4.69) is 26.7 Å². The first-order chi connectivity index (χ1) is 13.5. The van der Waals surface area contributed by atoms with Crippen molar-refractivity contribution in [3.8, 4) is 6.07 Å². The second-order valence-electron chi connectivity index (χ2n) is 6.89. The smallest absolute Gasteiger partial charge is 0.423 e. The molecule has 3 heterocycles. The lowest BCUT2D eigenvalue weighted by molar-refractivity contribution is 0.0698. The van der Waals surface area contributed by atoms with Crippen molar-refractivity contribution in [1.82, 2.24) is 9.97 Å². The van der Waals surface area contributed by atoms with Crippen molar-refractivity contribution < 1.29 is 14.4 Å². The first kappa shape index (κ1) is 19.0. The predicted molar refractivity (Wildman–Crippen MR) is 106 cm³/mol. The molecule has 28 heavy (non-hydrogen) atoms. The van der Waals surface area contributed by atoms with Crippen molar-refractivity contribution in [3.05, 3.63) is 34.5 Å². The van der Waals surface area contributed by atoms with Crippen LogP contribution < -0.4 is 16.1 Å². The quantitative estimate of drug-likeness (QED) is 0.667. The standard InChI is InChI=1S/C18H19BClN5O3/c1-10-7-22-18(25-17(10)24-15-9-27-3-2-11(15)6-21)23-13-4-12-8-28-19(26)16(12)14(20)5-13/h4-5,7,11,15,26H,2-3,8-9H2,1H3,(H2,22,23,24,25)/t11-,15?/m1/s1. The van der Waals surface area contributed by atoms with Gasteiger partial charge in [-0.1, -0.05) is 11.6 Å². The highest BCUT2D eigenvalue weighted by Gasteiger charge is 2.30. The molecule has 4 rings (SSSR count). The Kier molecular flexibility index (Phi) is 5.37. The zero-order valence-electron chi connectivity index (χ0n) is 15.3. The molecule has 1 aromatic carbocycles. The molecule has 144 valence electrons. The fourth-order valence-electron chi connectivity index (χ4n) is 3.38. The average Bonchev–Trinajstić information content (AvgIpc) is 3.06. The molecule has 1 aromatic heterocycles. The first-order valence-electron chi connectivity index (χ1n) is 9.01.